The van der Waals surface area contributed by atoms with Gasteiger partial charge in [0, 0.05) is 11.8 Å². The lowest BCUT2D eigenvalue weighted by atomic mass is 10.2. The number of hydrogen-bond acceptors (Lipinski definition) is 4. The van der Waals surface area contributed by atoms with Gasteiger partial charge in [-0.15, -0.1) is 6.58 Å². The summed E-state index contributed by atoms with van der Waals surface area (Å²) in [7, 11) is 0. The Morgan fingerprint density at radius 3 is 2.89 bits per heavy atom. The number of ether oxygens (including phenoxy) is 1. The highest BCUT2D eigenvalue weighted by atomic mass is 16.5. The SMILES string of the molecule is C=CCC(N)C(=O)Nc1cccc(OCC(=O)O)c1. The number of carboxylic acids is 1. The van der Waals surface area contributed by atoms with Crippen LogP contribution in [0.1, 0.15) is 6.42 Å². The van der Waals surface area contributed by atoms with E-state index >= 15 is 0 Å². The fraction of sp³-hybridized carbons (Fsp3) is 0.231. The maximum Gasteiger partial charge on any atom is 0.341 e. The van der Waals surface area contributed by atoms with Gasteiger partial charge in [-0.3, -0.25) is 4.79 Å². The first kappa shape index (κ1) is 14.7. The molecule has 19 heavy (non-hydrogen) atoms. The quantitative estimate of drug-likeness (QED) is 0.637. The van der Waals surface area contributed by atoms with Gasteiger partial charge >= 0.3 is 5.97 Å². The summed E-state index contributed by atoms with van der Waals surface area (Å²) in [5.74, 6) is -1.05. The maximum atomic E-state index is 11.7. The molecule has 1 atom stereocenters. The highest BCUT2D eigenvalue weighted by molar-refractivity contribution is 5.94. The topological polar surface area (TPSA) is 102 Å². The zero-order valence-electron chi connectivity index (χ0n) is 10.3. The molecular weight excluding hydrogens is 248 g/mol. The summed E-state index contributed by atoms with van der Waals surface area (Å²) in [5.41, 5.74) is 6.11. The van der Waals surface area contributed by atoms with Gasteiger partial charge in [-0.05, 0) is 18.6 Å². The van der Waals surface area contributed by atoms with Crippen LogP contribution in [0.5, 0.6) is 5.75 Å². The minimum atomic E-state index is -1.07. The first-order chi connectivity index (χ1) is 9.02. The van der Waals surface area contributed by atoms with Gasteiger partial charge in [0.1, 0.15) is 5.75 Å². The first-order valence-corrected chi connectivity index (χ1v) is 5.65. The van der Waals surface area contributed by atoms with E-state index < -0.39 is 18.6 Å². The molecule has 0 spiro atoms. The highest BCUT2D eigenvalue weighted by Gasteiger charge is 2.11. The summed E-state index contributed by atoms with van der Waals surface area (Å²) < 4.78 is 5.00. The van der Waals surface area contributed by atoms with Crippen molar-refractivity contribution >= 4 is 17.6 Å². The fourth-order valence-electron chi connectivity index (χ4n) is 1.33. The predicted octanol–water partition coefficient (Wildman–Crippen LogP) is 0.992. The predicted molar refractivity (Wildman–Crippen MR) is 71.0 cm³/mol. The van der Waals surface area contributed by atoms with Crippen LogP contribution in [0.15, 0.2) is 36.9 Å². The average molecular weight is 264 g/mol. The number of benzene rings is 1. The molecule has 0 saturated carbocycles. The molecule has 102 valence electrons. The number of carbonyl (C=O) groups is 2. The third-order valence-corrected chi connectivity index (χ3v) is 2.22. The Kier molecular flexibility index (Phi) is 5.56. The second-order valence-electron chi connectivity index (χ2n) is 3.83. The molecule has 0 bridgehead atoms. The van der Waals surface area contributed by atoms with Gasteiger partial charge < -0.3 is 20.9 Å². The Bertz CT molecular complexity index is 473. The van der Waals surface area contributed by atoms with Gasteiger partial charge in [-0.25, -0.2) is 4.79 Å². The monoisotopic (exact) mass is 264 g/mol. The summed E-state index contributed by atoms with van der Waals surface area (Å²) in [6.07, 6.45) is 1.94. The molecule has 1 amide bonds. The van der Waals surface area contributed by atoms with Gasteiger partial charge in [0.25, 0.3) is 0 Å². The van der Waals surface area contributed by atoms with E-state index in [1.807, 2.05) is 0 Å². The molecule has 6 heteroatoms. The van der Waals surface area contributed by atoms with Crippen LogP contribution >= 0.6 is 0 Å². The van der Waals surface area contributed by atoms with Crippen LogP contribution in [0, 0.1) is 0 Å². The van der Waals surface area contributed by atoms with Gasteiger partial charge in [0.05, 0.1) is 6.04 Å². The molecule has 1 rings (SSSR count). The standard InChI is InChI=1S/C13H16N2O4/c1-2-4-11(14)13(18)15-9-5-3-6-10(7-9)19-8-12(16)17/h2-3,5-7,11H,1,4,8,14H2,(H,15,18)(H,16,17). The molecule has 0 aromatic heterocycles. The lowest BCUT2D eigenvalue weighted by Gasteiger charge is -2.11. The van der Waals surface area contributed by atoms with Crippen molar-refractivity contribution in [3.05, 3.63) is 36.9 Å². The van der Waals surface area contributed by atoms with Gasteiger partial charge in [0.15, 0.2) is 6.61 Å². The van der Waals surface area contributed by atoms with E-state index in [1.54, 1.807) is 24.3 Å². The van der Waals surface area contributed by atoms with Crippen LogP contribution in [0.2, 0.25) is 0 Å². The van der Waals surface area contributed by atoms with Crippen molar-refractivity contribution < 1.29 is 19.4 Å². The number of aliphatic carboxylic acids is 1. The average Bonchev–Trinajstić information content (AvgIpc) is 2.37. The minimum absolute atomic E-state index is 0.338. The van der Waals surface area contributed by atoms with E-state index in [1.165, 1.54) is 6.07 Å². The summed E-state index contributed by atoms with van der Waals surface area (Å²) in [6, 6.07) is 5.77. The normalized spacial score (nSPS) is 11.4. The fourth-order valence-corrected chi connectivity index (χ4v) is 1.33. The molecule has 0 heterocycles. The second kappa shape index (κ2) is 7.17. The first-order valence-electron chi connectivity index (χ1n) is 5.65. The number of amides is 1. The maximum absolute atomic E-state index is 11.7. The van der Waals surface area contributed by atoms with E-state index in [0.717, 1.165) is 0 Å². The van der Waals surface area contributed by atoms with Crippen molar-refractivity contribution in [2.45, 2.75) is 12.5 Å². The summed E-state index contributed by atoms with van der Waals surface area (Å²) >= 11 is 0. The number of nitrogens with one attached hydrogen (secondary N) is 1. The van der Waals surface area contributed by atoms with Crippen LogP contribution in [0.4, 0.5) is 5.69 Å². The van der Waals surface area contributed by atoms with E-state index in [0.29, 0.717) is 17.9 Å². The number of nitrogens with two attached hydrogens (primary N) is 1. The Morgan fingerprint density at radius 2 is 2.26 bits per heavy atom. The number of hydrogen-bond donors (Lipinski definition) is 3. The van der Waals surface area contributed by atoms with Crippen molar-refractivity contribution in [3.8, 4) is 5.75 Å². The lowest BCUT2D eigenvalue weighted by Crippen LogP contribution is -2.35. The van der Waals surface area contributed by atoms with E-state index in [2.05, 4.69) is 11.9 Å². The van der Waals surface area contributed by atoms with Crippen LogP contribution < -0.4 is 15.8 Å². The third-order valence-electron chi connectivity index (χ3n) is 2.22. The summed E-state index contributed by atoms with van der Waals surface area (Å²) in [4.78, 5) is 22.0. The Morgan fingerprint density at radius 1 is 1.53 bits per heavy atom. The van der Waals surface area contributed by atoms with E-state index in [9.17, 15) is 9.59 Å². The highest BCUT2D eigenvalue weighted by Crippen LogP contribution is 2.17. The Hall–Kier alpha value is -2.34. The summed E-state index contributed by atoms with van der Waals surface area (Å²) in [5, 5.41) is 11.1. The van der Waals surface area contributed by atoms with Crippen LogP contribution in [0.25, 0.3) is 0 Å². The van der Waals surface area contributed by atoms with Crippen LogP contribution in [-0.4, -0.2) is 29.6 Å². The largest absolute Gasteiger partial charge is 0.482 e. The lowest BCUT2D eigenvalue weighted by molar-refractivity contribution is -0.139. The van der Waals surface area contributed by atoms with Crippen LogP contribution in [-0.2, 0) is 9.59 Å². The molecule has 0 aliphatic heterocycles. The van der Waals surface area contributed by atoms with Crippen molar-refractivity contribution in [1.82, 2.24) is 0 Å². The molecule has 0 aliphatic carbocycles. The van der Waals surface area contributed by atoms with Crippen LogP contribution in [0.3, 0.4) is 0 Å². The molecule has 0 saturated heterocycles. The van der Waals surface area contributed by atoms with Crippen molar-refractivity contribution in [2.24, 2.45) is 5.73 Å². The van der Waals surface area contributed by atoms with Gasteiger partial charge in [0.2, 0.25) is 5.91 Å². The molecule has 0 fully saturated rings. The molecule has 1 unspecified atom stereocenters. The Labute approximate surface area is 110 Å². The smallest absolute Gasteiger partial charge is 0.341 e. The van der Waals surface area contributed by atoms with E-state index in [4.69, 9.17) is 15.6 Å². The number of anilines is 1. The number of carbonyl (C=O) groups excluding carboxylic acids is 1. The molecule has 1 aromatic carbocycles. The van der Waals surface area contributed by atoms with Crippen molar-refractivity contribution in [3.63, 3.8) is 0 Å². The molecule has 0 radical (unpaired) electrons. The third kappa shape index (κ3) is 5.22. The number of rotatable bonds is 7. The molecule has 4 N–H and O–H groups in total. The van der Waals surface area contributed by atoms with Crippen molar-refractivity contribution in [2.75, 3.05) is 11.9 Å². The van der Waals surface area contributed by atoms with E-state index in [-0.39, 0.29) is 5.91 Å². The summed E-state index contributed by atoms with van der Waals surface area (Å²) in [6.45, 7) is 3.07. The Balaban J connectivity index is 2.63. The molecular formula is C13H16N2O4. The minimum Gasteiger partial charge on any atom is -0.482 e. The van der Waals surface area contributed by atoms with Gasteiger partial charge in [-0.1, -0.05) is 12.1 Å². The second-order valence-corrected chi connectivity index (χ2v) is 3.83. The zero-order valence-corrected chi connectivity index (χ0v) is 10.3. The van der Waals surface area contributed by atoms with Gasteiger partial charge in [-0.2, -0.15) is 0 Å². The number of carboxylic acid groups (broad SMARTS) is 1. The van der Waals surface area contributed by atoms with Crippen molar-refractivity contribution in [1.29, 1.82) is 0 Å². The zero-order chi connectivity index (χ0) is 14.3. The molecule has 6 nitrogen and oxygen atoms in total. The molecule has 1 aromatic rings. The molecule has 0 aliphatic rings.